The van der Waals surface area contributed by atoms with Gasteiger partial charge in [-0.05, 0) is 52.8 Å². The molecule has 11 aromatic rings. The molecule has 11 rings (SSSR count). The topological polar surface area (TPSA) is 45.7 Å². The first-order valence-corrected chi connectivity index (χ1v) is 19.3. The second kappa shape index (κ2) is 13.3. The number of pyridine rings is 1. The first kappa shape index (κ1) is 35.9. The molecule has 0 N–H and O–H groups in total. The van der Waals surface area contributed by atoms with E-state index in [9.17, 15) is 0 Å². The van der Waals surface area contributed by atoms with Gasteiger partial charge in [-0.3, -0.25) is 0 Å². The largest absolute Gasteiger partial charge is 0.510 e. The number of fused-ring (bicyclic) bond motifs is 12. The number of benzene rings is 6. The molecule has 0 bridgehead atoms. The van der Waals surface area contributed by atoms with Crippen molar-refractivity contribution in [3.05, 3.63) is 164 Å². The molecule has 0 aliphatic heterocycles. The molecule has 286 valence electrons. The average molecular weight is 934 g/mol. The molecule has 0 radical (unpaired) electrons. The summed E-state index contributed by atoms with van der Waals surface area (Å²) in [5.74, 6) is 2.01. The maximum atomic E-state index is 6.61. The molecular formula is C50H38N6OPt-2. The first-order valence-electron chi connectivity index (χ1n) is 19.3. The molecule has 0 unspecified atom stereocenters. The molecule has 6 aromatic carbocycles. The van der Waals surface area contributed by atoms with Crippen LogP contribution in [0, 0.1) is 18.5 Å². The van der Waals surface area contributed by atoms with E-state index >= 15 is 0 Å². The molecule has 0 saturated carbocycles. The maximum absolute atomic E-state index is 6.61. The zero-order valence-electron chi connectivity index (χ0n) is 32.7. The van der Waals surface area contributed by atoms with E-state index in [1.165, 1.54) is 32.8 Å². The van der Waals surface area contributed by atoms with Crippen LogP contribution in [0.5, 0.6) is 11.5 Å². The van der Waals surface area contributed by atoms with Crippen molar-refractivity contribution in [3.63, 3.8) is 0 Å². The third-order valence-corrected chi connectivity index (χ3v) is 11.3. The minimum absolute atomic E-state index is 0. The fourth-order valence-electron chi connectivity index (χ4n) is 8.74. The summed E-state index contributed by atoms with van der Waals surface area (Å²) in [5, 5.41) is 6.97. The molecule has 0 aliphatic carbocycles. The van der Waals surface area contributed by atoms with Gasteiger partial charge in [0.15, 0.2) is 0 Å². The van der Waals surface area contributed by atoms with Crippen LogP contribution in [0.1, 0.15) is 26.3 Å². The fourth-order valence-corrected chi connectivity index (χ4v) is 8.74. The molecule has 0 atom stereocenters. The van der Waals surface area contributed by atoms with Crippen molar-refractivity contribution >= 4 is 65.4 Å². The predicted octanol–water partition coefficient (Wildman–Crippen LogP) is 11.0. The maximum Gasteiger partial charge on any atom is 0.241 e. The van der Waals surface area contributed by atoms with E-state index in [-0.39, 0.29) is 26.5 Å². The number of hydrogen-bond acceptors (Lipinski definition) is 2. The van der Waals surface area contributed by atoms with Crippen molar-refractivity contribution in [2.24, 2.45) is 14.1 Å². The van der Waals surface area contributed by atoms with Crippen LogP contribution in [-0.2, 0) is 40.6 Å². The normalized spacial score (nSPS) is 12.1. The van der Waals surface area contributed by atoms with Crippen molar-refractivity contribution in [2.45, 2.75) is 26.2 Å². The van der Waals surface area contributed by atoms with Gasteiger partial charge in [0.25, 0.3) is 0 Å². The minimum Gasteiger partial charge on any atom is -0.510 e. The summed E-state index contributed by atoms with van der Waals surface area (Å²) in [4.78, 5) is 5.13. The van der Waals surface area contributed by atoms with Gasteiger partial charge in [0.05, 0.1) is 29.1 Å². The van der Waals surface area contributed by atoms with E-state index in [1.807, 2.05) is 59.0 Å². The molecular weight excluding hydrogens is 896 g/mol. The van der Waals surface area contributed by atoms with E-state index in [2.05, 4.69) is 157 Å². The second-order valence-corrected chi connectivity index (χ2v) is 15.9. The van der Waals surface area contributed by atoms with Gasteiger partial charge in [-0.1, -0.05) is 86.6 Å². The Morgan fingerprint density at radius 2 is 1.34 bits per heavy atom. The fraction of sp³-hybridized carbons (Fsp3) is 0.120. The third kappa shape index (κ3) is 5.37. The smallest absolute Gasteiger partial charge is 0.241 e. The second-order valence-electron chi connectivity index (χ2n) is 15.9. The molecule has 0 saturated heterocycles. The number of hydrogen-bond donors (Lipinski definition) is 0. The summed E-state index contributed by atoms with van der Waals surface area (Å²) in [5.41, 5.74) is 9.67. The Balaban J connectivity index is 0.00000408. The summed E-state index contributed by atoms with van der Waals surface area (Å²) < 4.78 is 17.5. The summed E-state index contributed by atoms with van der Waals surface area (Å²) in [6, 6.07) is 49.9. The number of aryl methyl sites for hydroxylation is 2. The van der Waals surface area contributed by atoms with Gasteiger partial charge in [0.2, 0.25) is 6.33 Å². The Morgan fingerprint density at radius 1 is 0.638 bits per heavy atom. The molecule has 0 amide bonds. The zero-order chi connectivity index (χ0) is 38.6. The Morgan fingerprint density at radius 3 is 2.10 bits per heavy atom. The van der Waals surface area contributed by atoms with E-state index < -0.39 is 0 Å². The average Bonchev–Trinajstić information content (AvgIpc) is 3.98. The molecule has 5 heterocycles. The number of rotatable bonds is 5. The molecule has 8 heteroatoms. The quantitative estimate of drug-likeness (QED) is 0.128. The van der Waals surface area contributed by atoms with E-state index in [0.717, 1.165) is 55.4 Å². The van der Waals surface area contributed by atoms with Crippen LogP contribution in [0.4, 0.5) is 0 Å². The van der Waals surface area contributed by atoms with E-state index in [1.54, 1.807) is 0 Å². The van der Waals surface area contributed by atoms with E-state index in [4.69, 9.17) is 9.72 Å². The summed E-state index contributed by atoms with van der Waals surface area (Å²) in [6.07, 6.45) is 9.10. The number of imidazole rings is 1. The molecule has 0 fully saturated rings. The first-order chi connectivity index (χ1) is 27.7. The molecule has 5 aromatic heterocycles. The molecule has 0 aliphatic rings. The van der Waals surface area contributed by atoms with Crippen LogP contribution in [0.2, 0.25) is 0 Å². The molecule has 0 spiro atoms. The van der Waals surface area contributed by atoms with Crippen LogP contribution >= 0.6 is 0 Å². The number of ether oxygens (including phenoxy) is 1. The summed E-state index contributed by atoms with van der Waals surface area (Å²) in [7, 11) is 4.15. The van der Waals surface area contributed by atoms with Gasteiger partial charge >= 0.3 is 0 Å². The monoisotopic (exact) mass is 933 g/mol. The van der Waals surface area contributed by atoms with Gasteiger partial charge in [-0.2, -0.15) is 18.2 Å². The van der Waals surface area contributed by atoms with Gasteiger partial charge in [-0.25, -0.2) is 4.98 Å². The van der Waals surface area contributed by atoms with Crippen LogP contribution in [0.3, 0.4) is 0 Å². The van der Waals surface area contributed by atoms with Gasteiger partial charge in [-0.15, -0.1) is 29.7 Å². The molecule has 7 nitrogen and oxygen atoms in total. The summed E-state index contributed by atoms with van der Waals surface area (Å²) >= 11 is 0. The van der Waals surface area contributed by atoms with Crippen LogP contribution < -0.4 is 9.30 Å². The number of aromatic nitrogens is 6. The van der Waals surface area contributed by atoms with Gasteiger partial charge in [0, 0.05) is 91.0 Å². The number of nitrogens with zero attached hydrogens (tertiary/aromatic N) is 6. The van der Waals surface area contributed by atoms with Crippen molar-refractivity contribution in [2.75, 3.05) is 0 Å². The predicted molar refractivity (Wildman–Crippen MR) is 229 cm³/mol. The van der Waals surface area contributed by atoms with Crippen LogP contribution in [0.15, 0.2) is 140 Å². The Hall–Kier alpha value is -6.43. The zero-order valence-corrected chi connectivity index (χ0v) is 35.0. The Kier molecular flexibility index (Phi) is 8.26. The minimum atomic E-state index is -0.0922. The Labute approximate surface area is 350 Å². The van der Waals surface area contributed by atoms with Gasteiger partial charge in [0.1, 0.15) is 5.82 Å². The van der Waals surface area contributed by atoms with Crippen molar-refractivity contribution in [1.29, 1.82) is 0 Å². The Bertz CT molecular complexity index is 3400. The van der Waals surface area contributed by atoms with Crippen molar-refractivity contribution in [1.82, 2.24) is 23.3 Å². The third-order valence-electron chi connectivity index (χ3n) is 11.3. The summed E-state index contributed by atoms with van der Waals surface area (Å²) in [6.45, 7) is 6.74. The van der Waals surface area contributed by atoms with Crippen molar-refractivity contribution < 1.29 is 30.4 Å². The molecule has 58 heavy (non-hydrogen) atoms. The van der Waals surface area contributed by atoms with Crippen LogP contribution in [-0.4, -0.2) is 23.3 Å². The van der Waals surface area contributed by atoms with E-state index in [0.29, 0.717) is 11.5 Å². The van der Waals surface area contributed by atoms with Crippen LogP contribution in [0.25, 0.3) is 82.6 Å². The number of para-hydroxylation sites is 3. The van der Waals surface area contributed by atoms with Crippen molar-refractivity contribution in [3.8, 4) is 28.7 Å². The standard InChI is InChI=1S/C50H38N6O.Pt/c1-50(2,3)32-24-25-51-43(28-32)56-42-30-36(57-35-17-13-16-34(29-35)54-27-26-52(4)31-54)22-23-39(42)44-45-37-18-9-11-20-40(37)53(5)48(45)49-46(47(44)56)38-19-10-12-21-41(38)55(49)33-14-7-6-8-15-33;/h6-28H,1-5H3;/q-2;. The SMILES string of the molecule is Cn1[c-][n+](-c2[c-]c(Oc3[c-]c4c(cc3)c3c5c6ccccc6n(C)c5c5c(c6ccccc6n5-c5ccccc5)c3n4-c3cc(C(C)(C)C)ccn3)ccc2)cc1.[Pt]. The van der Waals surface area contributed by atoms with Gasteiger partial charge < -0.3 is 27.6 Å².